The number of hydrogen-bond acceptors (Lipinski definition) is 3. The topological polar surface area (TPSA) is 41.6 Å². The van der Waals surface area contributed by atoms with E-state index in [9.17, 15) is 9.18 Å². The monoisotopic (exact) mass is 370 g/mol. The number of carbonyl (C=O) groups excluding carboxylic acids is 1. The molecule has 0 unspecified atom stereocenters. The van der Waals surface area contributed by atoms with E-state index in [1.54, 1.807) is 6.07 Å². The largest absolute Gasteiger partial charge is 0.483 e. The number of anilines is 2. The van der Waals surface area contributed by atoms with Crippen molar-refractivity contribution in [2.24, 2.45) is 0 Å². The maximum Gasteiger partial charge on any atom is 0.262 e. The number of aryl methyl sites for hydroxylation is 1. The molecule has 1 aliphatic heterocycles. The summed E-state index contributed by atoms with van der Waals surface area (Å²) >= 11 is 0. The molecule has 0 radical (unpaired) electrons. The smallest absolute Gasteiger partial charge is 0.262 e. The summed E-state index contributed by atoms with van der Waals surface area (Å²) in [5, 5.41) is 2.70. The minimum atomic E-state index is -0.425. The number of nitrogens with one attached hydrogen (secondary N) is 1. The number of ether oxygens (including phenoxy) is 1. The third-order valence-corrected chi connectivity index (χ3v) is 4.94. The first-order valence-electron chi connectivity index (χ1n) is 9.52. The van der Waals surface area contributed by atoms with Crippen LogP contribution in [0.4, 0.5) is 15.8 Å². The number of hydrogen-bond donors (Lipinski definition) is 1. The average Bonchev–Trinajstić information content (AvgIpc) is 3.17. The van der Waals surface area contributed by atoms with Gasteiger partial charge >= 0.3 is 0 Å². The number of amides is 1. The van der Waals surface area contributed by atoms with Crippen molar-refractivity contribution in [1.29, 1.82) is 0 Å². The van der Waals surface area contributed by atoms with Gasteiger partial charge in [-0.1, -0.05) is 32.0 Å². The fourth-order valence-corrected chi connectivity index (χ4v) is 3.31. The first kappa shape index (κ1) is 19.2. The van der Waals surface area contributed by atoms with E-state index in [-0.39, 0.29) is 18.2 Å². The van der Waals surface area contributed by atoms with Crippen LogP contribution < -0.4 is 15.0 Å². The molecule has 0 aromatic heterocycles. The maximum atomic E-state index is 14.4. The molecule has 0 aliphatic carbocycles. The highest BCUT2D eigenvalue weighted by Crippen LogP contribution is 2.31. The van der Waals surface area contributed by atoms with E-state index in [0.29, 0.717) is 11.7 Å². The van der Waals surface area contributed by atoms with Crippen LogP contribution >= 0.6 is 0 Å². The fraction of sp³-hybridized carbons (Fsp3) is 0.409. The van der Waals surface area contributed by atoms with Crippen molar-refractivity contribution < 1.29 is 13.9 Å². The second-order valence-corrected chi connectivity index (χ2v) is 7.34. The van der Waals surface area contributed by atoms with Crippen LogP contribution in [-0.4, -0.2) is 25.6 Å². The molecule has 1 fully saturated rings. The van der Waals surface area contributed by atoms with Crippen molar-refractivity contribution in [3.8, 4) is 5.75 Å². The van der Waals surface area contributed by atoms with E-state index in [0.717, 1.165) is 42.7 Å². The Morgan fingerprint density at radius 3 is 2.67 bits per heavy atom. The van der Waals surface area contributed by atoms with Crippen LogP contribution in [-0.2, 0) is 4.79 Å². The second kappa shape index (κ2) is 8.42. The summed E-state index contributed by atoms with van der Waals surface area (Å²) in [4.78, 5) is 14.5. The lowest BCUT2D eigenvalue weighted by atomic mass is 10.0. The number of carbonyl (C=O) groups is 1. The number of nitrogens with zero attached hydrogens (tertiary/aromatic N) is 1. The molecule has 1 aliphatic rings. The summed E-state index contributed by atoms with van der Waals surface area (Å²) in [6, 6.07) is 10.9. The standard InChI is InChI=1S/C22H27FN2O2/c1-15(2)17-10-9-16(3)20(13-17)27-14-21(26)24-22-18(23)7-6-8-19(22)25-11-4-5-12-25/h6-10,13,15H,4-5,11-12,14H2,1-3H3,(H,24,26). The van der Waals surface area contributed by atoms with Crippen LogP contribution in [0.2, 0.25) is 0 Å². The Hall–Kier alpha value is -2.56. The van der Waals surface area contributed by atoms with E-state index in [4.69, 9.17) is 4.74 Å². The highest BCUT2D eigenvalue weighted by atomic mass is 19.1. The molecule has 0 spiro atoms. The van der Waals surface area contributed by atoms with Gasteiger partial charge in [-0.15, -0.1) is 0 Å². The Labute approximate surface area is 160 Å². The summed E-state index contributed by atoms with van der Waals surface area (Å²) in [6.45, 7) is 7.77. The van der Waals surface area contributed by atoms with E-state index < -0.39 is 5.82 Å². The van der Waals surface area contributed by atoms with E-state index in [1.807, 2.05) is 25.1 Å². The lowest BCUT2D eigenvalue weighted by Gasteiger charge is -2.22. The molecule has 4 nitrogen and oxygen atoms in total. The van der Waals surface area contributed by atoms with Gasteiger partial charge in [0.2, 0.25) is 0 Å². The predicted octanol–water partition coefficient (Wildman–Crippen LogP) is 4.88. The Kier molecular flexibility index (Phi) is 5.99. The molecule has 0 saturated carbocycles. The SMILES string of the molecule is Cc1ccc(C(C)C)cc1OCC(=O)Nc1c(F)cccc1N1CCCC1. The van der Waals surface area contributed by atoms with E-state index in [1.165, 1.54) is 6.07 Å². The van der Waals surface area contributed by atoms with Crippen LogP contribution in [0.3, 0.4) is 0 Å². The van der Waals surface area contributed by atoms with E-state index >= 15 is 0 Å². The summed E-state index contributed by atoms with van der Waals surface area (Å²) in [6.07, 6.45) is 2.16. The van der Waals surface area contributed by atoms with Gasteiger partial charge in [0.05, 0.1) is 5.69 Å². The molecule has 0 atom stereocenters. The van der Waals surface area contributed by atoms with Crippen LogP contribution in [0.1, 0.15) is 43.7 Å². The molecule has 1 heterocycles. The van der Waals surface area contributed by atoms with Gasteiger partial charge in [0, 0.05) is 13.1 Å². The minimum Gasteiger partial charge on any atom is -0.483 e. The van der Waals surface area contributed by atoms with Crippen molar-refractivity contribution >= 4 is 17.3 Å². The molecular formula is C22H27FN2O2. The zero-order valence-electron chi connectivity index (χ0n) is 16.2. The van der Waals surface area contributed by atoms with Gasteiger partial charge < -0.3 is 15.0 Å². The second-order valence-electron chi connectivity index (χ2n) is 7.34. The molecule has 1 saturated heterocycles. The molecule has 5 heteroatoms. The summed E-state index contributed by atoms with van der Waals surface area (Å²) in [5.41, 5.74) is 3.09. The highest BCUT2D eigenvalue weighted by molar-refractivity contribution is 5.95. The first-order valence-corrected chi connectivity index (χ1v) is 9.52. The van der Waals surface area contributed by atoms with Crippen molar-refractivity contribution in [2.75, 3.05) is 29.9 Å². The van der Waals surface area contributed by atoms with Gasteiger partial charge in [-0.05, 0) is 55.0 Å². The normalized spacial score (nSPS) is 13.9. The molecule has 3 rings (SSSR count). The number of benzene rings is 2. The molecule has 2 aromatic carbocycles. The molecule has 1 N–H and O–H groups in total. The third-order valence-electron chi connectivity index (χ3n) is 4.94. The fourth-order valence-electron chi connectivity index (χ4n) is 3.31. The Morgan fingerprint density at radius 1 is 1.22 bits per heavy atom. The Balaban J connectivity index is 1.69. The van der Waals surface area contributed by atoms with Crippen molar-refractivity contribution in [1.82, 2.24) is 0 Å². The molecule has 27 heavy (non-hydrogen) atoms. The molecule has 144 valence electrons. The molecule has 0 bridgehead atoms. The zero-order valence-corrected chi connectivity index (χ0v) is 16.2. The summed E-state index contributed by atoms with van der Waals surface area (Å²) in [5.74, 6) is 0.272. The van der Waals surface area contributed by atoms with Crippen molar-refractivity contribution in [3.05, 3.63) is 53.3 Å². The van der Waals surface area contributed by atoms with E-state index in [2.05, 4.69) is 30.1 Å². The Bertz CT molecular complexity index is 814. The van der Waals surface area contributed by atoms with Gasteiger partial charge in [0.15, 0.2) is 6.61 Å². The lowest BCUT2D eigenvalue weighted by molar-refractivity contribution is -0.118. The van der Waals surface area contributed by atoms with Gasteiger partial charge in [-0.25, -0.2) is 4.39 Å². The van der Waals surface area contributed by atoms with Gasteiger partial charge in [-0.2, -0.15) is 0 Å². The summed E-state index contributed by atoms with van der Waals surface area (Å²) in [7, 11) is 0. The van der Waals surface area contributed by atoms with Gasteiger partial charge in [-0.3, -0.25) is 4.79 Å². The minimum absolute atomic E-state index is 0.157. The quantitative estimate of drug-likeness (QED) is 0.788. The van der Waals surface area contributed by atoms with Crippen LogP contribution in [0.15, 0.2) is 36.4 Å². The van der Waals surface area contributed by atoms with Crippen LogP contribution in [0.5, 0.6) is 5.75 Å². The molecule has 2 aromatic rings. The van der Waals surface area contributed by atoms with Crippen LogP contribution in [0, 0.1) is 12.7 Å². The van der Waals surface area contributed by atoms with Gasteiger partial charge in [0.1, 0.15) is 17.3 Å². The lowest BCUT2D eigenvalue weighted by Crippen LogP contribution is -2.25. The maximum absolute atomic E-state index is 14.4. The average molecular weight is 370 g/mol. The first-order chi connectivity index (χ1) is 13.0. The van der Waals surface area contributed by atoms with Crippen molar-refractivity contribution in [3.63, 3.8) is 0 Å². The zero-order chi connectivity index (χ0) is 19.4. The van der Waals surface area contributed by atoms with Crippen molar-refractivity contribution in [2.45, 2.75) is 39.5 Å². The number of para-hydroxylation sites is 1. The number of rotatable bonds is 6. The van der Waals surface area contributed by atoms with Crippen LogP contribution in [0.25, 0.3) is 0 Å². The highest BCUT2D eigenvalue weighted by Gasteiger charge is 2.20. The third kappa shape index (κ3) is 4.59. The Morgan fingerprint density at radius 2 is 1.96 bits per heavy atom. The predicted molar refractivity (Wildman–Crippen MR) is 107 cm³/mol. The number of halogens is 1. The summed E-state index contributed by atoms with van der Waals surface area (Å²) < 4.78 is 20.1. The van der Waals surface area contributed by atoms with Gasteiger partial charge in [0.25, 0.3) is 5.91 Å². The molecular weight excluding hydrogens is 343 g/mol. The molecule has 1 amide bonds.